The predicted octanol–water partition coefficient (Wildman–Crippen LogP) is 1.07. The third kappa shape index (κ3) is 3.68. The summed E-state index contributed by atoms with van der Waals surface area (Å²) in [4.78, 5) is 27.2. The van der Waals surface area contributed by atoms with Crippen molar-refractivity contribution in [1.82, 2.24) is 9.80 Å². The number of nitro groups is 1. The third-order valence-corrected chi connectivity index (χ3v) is 4.62. The fourth-order valence-electron chi connectivity index (χ4n) is 3.26. The number of ether oxygens (including phenoxy) is 1. The number of carbonyl (C=O) groups is 1. The van der Waals surface area contributed by atoms with Gasteiger partial charge in [-0.2, -0.15) is 0 Å². The molecule has 0 bridgehead atoms. The highest BCUT2D eigenvalue weighted by atomic mass is 16.6. The molecule has 0 N–H and O–H groups in total. The summed E-state index contributed by atoms with van der Waals surface area (Å²) in [7, 11) is 0. The minimum atomic E-state index is -0.430. The molecule has 0 aliphatic carbocycles. The van der Waals surface area contributed by atoms with Crippen LogP contribution in [0.15, 0.2) is 24.3 Å². The second kappa shape index (κ2) is 7.06. The normalized spacial score (nSPS) is 22.3. The van der Waals surface area contributed by atoms with Crippen LogP contribution < -0.4 is 0 Å². The molecular formula is C16H21N3O4. The van der Waals surface area contributed by atoms with E-state index in [0.717, 1.165) is 32.7 Å². The van der Waals surface area contributed by atoms with Crippen molar-refractivity contribution >= 4 is 11.6 Å². The lowest BCUT2D eigenvalue weighted by molar-refractivity contribution is -0.385. The minimum Gasteiger partial charge on any atom is -0.380 e. The molecular weight excluding hydrogens is 298 g/mol. The zero-order chi connectivity index (χ0) is 16.2. The lowest BCUT2D eigenvalue weighted by Crippen LogP contribution is -2.52. The average Bonchev–Trinajstić information content (AvgIpc) is 3.10. The van der Waals surface area contributed by atoms with Crippen LogP contribution in [-0.2, 0) is 16.0 Å². The summed E-state index contributed by atoms with van der Waals surface area (Å²) < 4.78 is 5.41. The van der Waals surface area contributed by atoms with Crippen molar-refractivity contribution in [2.45, 2.75) is 18.9 Å². The monoisotopic (exact) mass is 319 g/mol. The number of benzene rings is 1. The van der Waals surface area contributed by atoms with Gasteiger partial charge in [-0.15, -0.1) is 0 Å². The van der Waals surface area contributed by atoms with Gasteiger partial charge in [0.05, 0.1) is 18.0 Å². The van der Waals surface area contributed by atoms with Crippen LogP contribution in [0.25, 0.3) is 0 Å². The Kier molecular flexibility index (Phi) is 4.88. The van der Waals surface area contributed by atoms with Crippen LogP contribution in [0.5, 0.6) is 0 Å². The molecule has 7 heteroatoms. The molecule has 1 amide bonds. The Hall–Kier alpha value is -1.99. The smallest absolute Gasteiger partial charge is 0.273 e. The Labute approximate surface area is 135 Å². The third-order valence-electron chi connectivity index (χ3n) is 4.62. The van der Waals surface area contributed by atoms with Crippen molar-refractivity contribution in [1.29, 1.82) is 0 Å². The van der Waals surface area contributed by atoms with E-state index in [4.69, 9.17) is 4.74 Å². The number of amides is 1. The Bertz CT molecular complexity index is 578. The summed E-state index contributed by atoms with van der Waals surface area (Å²) in [5, 5.41) is 11.0. The summed E-state index contributed by atoms with van der Waals surface area (Å²) in [6, 6.07) is 6.92. The molecule has 0 aromatic heterocycles. The molecule has 2 saturated heterocycles. The van der Waals surface area contributed by atoms with E-state index >= 15 is 0 Å². The molecule has 1 unspecified atom stereocenters. The number of piperazine rings is 1. The molecule has 2 fully saturated rings. The molecule has 124 valence electrons. The van der Waals surface area contributed by atoms with Crippen LogP contribution in [0.2, 0.25) is 0 Å². The van der Waals surface area contributed by atoms with Crippen LogP contribution >= 0.6 is 0 Å². The molecule has 7 nitrogen and oxygen atoms in total. The number of nitrogens with zero attached hydrogens (tertiary/aromatic N) is 3. The zero-order valence-electron chi connectivity index (χ0n) is 13.0. The lowest BCUT2D eigenvalue weighted by atomic mass is 10.1. The molecule has 2 aliphatic heterocycles. The van der Waals surface area contributed by atoms with Gasteiger partial charge in [0.1, 0.15) is 0 Å². The van der Waals surface area contributed by atoms with E-state index in [1.807, 2.05) is 4.90 Å². The first-order chi connectivity index (χ1) is 11.1. The molecule has 0 radical (unpaired) electrons. The summed E-state index contributed by atoms with van der Waals surface area (Å²) in [6.45, 7) is 4.64. The van der Waals surface area contributed by atoms with Crippen LogP contribution in [0.1, 0.15) is 12.0 Å². The molecule has 3 rings (SSSR count). The van der Waals surface area contributed by atoms with E-state index in [2.05, 4.69) is 4.90 Å². The largest absolute Gasteiger partial charge is 0.380 e. The molecule has 2 heterocycles. The van der Waals surface area contributed by atoms with Crippen molar-refractivity contribution in [2.75, 3.05) is 39.4 Å². The molecule has 0 saturated carbocycles. The van der Waals surface area contributed by atoms with E-state index in [9.17, 15) is 14.9 Å². The number of hydrogen-bond acceptors (Lipinski definition) is 5. The van der Waals surface area contributed by atoms with E-state index in [1.165, 1.54) is 6.07 Å². The summed E-state index contributed by atoms with van der Waals surface area (Å²) >= 11 is 0. The Morgan fingerprint density at radius 2 is 2.00 bits per heavy atom. The number of hydrogen-bond donors (Lipinski definition) is 0. The molecule has 1 atom stereocenters. The van der Waals surface area contributed by atoms with Crippen molar-refractivity contribution in [2.24, 2.45) is 0 Å². The van der Waals surface area contributed by atoms with Gasteiger partial charge in [-0.3, -0.25) is 19.8 Å². The fraction of sp³-hybridized carbons (Fsp3) is 0.562. The lowest BCUT2D eigenvalue weighted by Gasteiger charge is -2.37. The molecule has 2 aliphatic rings. The quantitative estimate of drug-likeness (QED) is 0.613. The Morgan fingerprint density at radius 1 is 1.26 bits per heavy atom. The van der Waals surface area contributed by atoms with Gasteiger partial charge >= 0.3 is 0 Å². The number of carbonyl (C=O) groups excluding carboxylic acids is 1. The van der Waals surface area contributed by atoms with Crippen molar-refractivity contribution in [3.8, 4) is 0 Å². The number of nitro benzene ring substituents is 1. The zero-order valence-corrected chi connectivity index (χ0v) is 13.0. The van der Waals surface area contributed by atoms with Crippen LogP contribution in [-0.4, -0.2) is 66.1 Å². The van der Waals surface area contributed by atoms with Gasteiger partial charge in [0.15, 0.2) is 0 Å². The SMILES string of the molecule is O=C(Cc1ccccc1[N+](=O)[O-])N1CCN(C2CCOC2)CC1. The maximum absolute atomic E-state index is 12.4. The van der Waals surface area contributed by atoms with Gasteiger partial charge in [-0.25, -0.2) is 0 Å². The van der Waals surface area contributed by atoms with Gasteiger partial charge in [-0.05, 0) is 6.42 Å². The highest BCUT2D eigenvalue weighted by Gasteiger charge is 2.29. The highest BCUT2D eigenvalue weighted by Crippen LogP contribution is 2.20. The second-order valence-electron chi connectivity index (χ2n) is 6.00. The first-order valence-electron chi connectivity index (χ1n) is 7.97. The van der Waals surface area contributed by atoms with E-state index in [-0.39, 0.29) is 18.0 Å². The average molecular weight is 319 g/mol. The minimum absolute atomic E-state index is 0.0163. The van der Waals surface area contributed by atoms with Gasteiger partial charge < -0.3 is 9.64 Å². The van der Waals surface area contributed by atoms with Crippen LogP contribution in [0.3, 0.4) is 0 Å². The first kappa shape index (κ1) is 15.9. The van der Waals surface area contributed by atoms with Crippen molar-refractivity contribution in [3.63, 3.8) is 0 Å². The topological polar surface area (TPSA) is 75.9 Å². The van der Waals surface area contributed by atoms with Crippen LogP contribution in [0, 0.1) is 10.1 Å². The fourth-order valence-corrected chi connectivity index (χ4v) is 3.26. The van der Waals surface area contributed by atoms with Gasteiger partial charge in [0.2, 0.25) is 5.91 Å². The van der Waals surface area contributed by atoms with Gasteiger partial charge in [0.25, 0.3) is 5.69 Å². The maximum atomic E-state index is 12.4. The molecule has 23 heavy (non-hydrogen) atoms. The highest BCUT2D eigenvalue weighted by molar-refractivity contribution is 5.80. The second-order valence-corrected chi connectivity index (χ2v) is 6.00. The first-order valence-corrected chi connectivity index (χ1v) is 7.97. The van der Waals surface area contributed by atoms with Crippen molar-refractivity contribution in [3.05, 3.63) is 39.9 Å². The summed E-state index contributed by atoms with van der Waals surface area (Å²) in [5.74, 6) is -0.0402. The van der Waals surface area contributed by atoms with E-state index < -0.39 is 4.92 Å². The van der Waals surface area contributed by atoms with Crippen LogP contribution in [0.4, 0.5) is 5.69 Å². The number of rotatable bonds is 4. The van der Waals surface area contributed by atoms with Crippen molar-refractivity contribution < 1.29 is 14.5 Å². The predicted molar refractivity (Wildman–Crippen MR) is 84.2 cm³/mol. The maximum Gasteiger partial charge on any atom is 0.273 e. The summed E-state index contributed by atoms with van der Waals surface area (Å²) in [6.07, 6.45) is 1.15. The van der Waals surface area contributed by atoms with Gasteiger partial charge in [0, 0.05) is 50.5 Å². The number of para-hydroxylation sites is 1. The molecule has 1 aromatic rings. The van der Waals surface area contributed by atoms with Gasteiger partial charge in [-0.1, -0.05) is 18.2 Å². The van der Waals surface area contributed by atoms with E-state index in [0.29, 0.717) is 24.7 Å². The standard InChI is InChI=1S/C16H21N3O4/c20-16(11-13-3-1-2-4-15(13)19(21)22)18-8-6-17(7-9-18)14-5-10-23-12-14/h1-4,14H,5-12H2. The Balaban J connectivity index is 1.56. The van der Waals surface area contributed by atoms with E-state index in [1.54, 1.807) is 18.2 Å². The molecule has 0 spiro atoms. The molecule has 1 aromatic carbocycles. The Morgan fingerprint density at radius 3 is 2.65 bits per heavy atom. The summed E-state index contributed by atoms with van der Waals surface area (Å²) in [5.41, 5.74) is 0.497.